The van der Waals surface area contributed by atoms with Crippen LogP contribution in [0.3, 0.4) is 0 Å². The molecule has 88 valence electrons. The number of hydrogen-bond acceptors (Lipinski definition) is 2. The van der Waals surface area contributed by atoms with E-state index < -0.39 is 0 Å². The molecule has 1 aliphatic heterocycles. The zero-order valence-corrected chi connectivity index (χ0v) is 11.1. The predicted octanol–water partition coefficient (Wildman–Crippen LogP) is 3.49. The fourth-order valence-electron chi connectivity index (χ4n) is 2.39. The van der Waals surface area contributed by atoms with Crippen molar-refractivity contribution in [3.05, 3.63) is 35.4 Å². The molecule has 1 heterocycles. The van der Waals surface area contributed by atoms with Crippen LogP contribution in [0.2, 0.25) is 0 Å². The van der Waals surface area contributed by atoms with E-state index in [1.165, 1.54) is 37.1 Å². The van der Waals surface area contributed by atoms with Crippen LogP contribution in [0.4, 0.5) is 0 Å². The van der Waals surface area contributed by atoms with Crippen molar-refractivity contribution in [3.63, 3.8) is 0 Å². The zero-order valence-electron chi connectivity index (χ0n) is 10.2. The van der Waals surface area contributed by atoms with E-state index in [9.17, 15) is 0 Å². The number of nitrogens with zero attached hydrogens (tertiary/aromatic N) is 1. The fraction of sp³-hybridized carbons (Fsp3) is 0.571. The lowest BCUT2D eigenvalue weighted by molar-refractivity contribution is 0.255. The van der Waals surface area contributed by atoms with Gasteiger partial charge in [-0.2, -0.15) is 12.6 Å². The second kappa shape index (κ2) is 5.24. The van der Waals surface area contributed by atoms with E-state index in [4.69, 9.17) is 0 Å². The zero-order chi connectivity index (χ0) is 11.5. The van der Waals surface area contributed by atoms with Gasteiger partial charge in [-0.25, -0.2) is 0 Å². The first kappa shape index (κ1) is 12.0. The van der Waals surface area contributed by atoms with Crippen LogP contribution < -0.4 is 0 Å². The molecule has 2 heteroatoms. The normalized spacial score (nSPS) is 20.9. The van der Waals surface area contributed by atoms with Gasteiger partial charge in [-0.3, -0.25) is 0 Å². The minimum Gasteiger partial charge on any atom is -0.306 e. The standard InChI is InChI=1S/C14H21NS/c1-11(16)12-3-5-13(6-4-12)14-7-9-15(2)10-8-14/h3-6,11,14,16H,7-10H2,1-2H3. The molecule has 1 nitrogen and oxygen atoms in total. The molecular weight excluding hydrogens is 214 g/mol. The van der Waals surface area contributed by atoms with Gasteiger partial charge in [-0.15, -0.1) is 0 Å². The van der Waals surface area contributed by atoms with Gasteiger partial charge >= 0.3 is 0 Å². The number of piperidine rings is 1. The molecular formula is C14H21NS. The number of thiol groups is 1. The van der Waals surface area contributed by atoms with Crippen molar-refractivity contribution in [2.24, 2.45) is 0 Å². The summed E-state index contributed by atoms with van der Waals surface area (Å²) < 4.78 is 0. The number of hydrogen-bond donors (Lipinski definition) is 1. The van der Waals surface area contributed by atoms with Crippen molar-refractivity contribution < 1.29 is 0 Å². The van der Waals surface area contributed by atoms with Gasteiger partial charge in [-0.05, 0) is 56.9 Å². The average Bonchev–Trinajstić information content (AvgIpc) is 2.30. The Morgan fingerprint density at radius 3 is 2.25 bits per heavy atom. The summed E-state index contributed by atoms with van der Waals surface area (Å²) >= 11 is 4.45. The van der Waals surface area contributed by atoms with Gasteiger partial charge in [-0.1, -0.05) is 24.3 Å². The molecule has 1 atom stereocenters. The molecule has 1 aromatic carbocycles. The smallest absolute Gasteiger partial charge is 0.0238 e. The molecule has 0 aromatic heterocycles. The van der Waals surface area contributed by atoms with Gasteiger partial charge < -0.3 is 4.90 Å². The van der Waals surface area contributed by atoms with Crippen LogP contribution in [-0.2, 0) is 0 Å². The molecule has 1 saturated heterocycles. The minimum atomic E-state index is 0.339. The molecule has 2 rings (SSSR count). The predicted molar refractivity (Wildman–Crippen MR) is 73.3 cm³/mol. The molecule has 16 heavy (non-hydrogen) atoms. The third-order valence-corrected chi connectivity index (χ3v) is 3.91. The van der Waals surface area contributed by atoms with E-state index >= 15 is 0 Å². The van der Waals surface area contributed by atoms with Crippen molar-refractivity contribution in [2.75, 3.05) is 20.1 Å². The van der Waals surface area contributed by atoms with Crippen LogP contribution in [-0.4, -0.2) is 25.0 Å². The van der Waals surface area contributed by atoms with Gasteiger partial charge in [0.15, 0.2) is 0 Å². The summed E-state index contributed by atoms with van der Waals surface area (Å²) in [6.07, 6.45) is 2.60. The molecule has 0 N–H and O–H groups in total. The lowest BCUT2D eigenvalue weighted by Crippen LogP contribution is -2.29. The molecule has 1 aromatic rings. The average molecular weight is 235 g/mol. The minimum absolute atomic E-state index is 0.339. The maximum absolute atomic E-state index is 4.45. The van der Waals surface area contributed by atoms with E-state index in [2.05, 4.69) is 55.8 Å². The van der Waals surface area contributed by atoms with Gasteiger partial charge in [0, 0.05) is 5.25 Å². The third-order valence-electron chi connectivity index (χ3n) is 3.61. The van der Waals surface area contributed by atoms with Gasteiger partial charge in [0.05, 0.1) is 0 Å². The van der Waals surface area contributed by atoms with Crippen molar-refractivity contribution in [1.29, 1.82) is 0 Å². The van der Waals surface area contributed by atoms with Crippen LogP contribution >= 0.6 is 12.6 Å². The molecule has 0 amide bonds. The van der Waals surface area contributed by atoms with Crippen molar-refractivity contribution in [3.8, 4) is 0 Å². The highest BCUT2D eigenvalue weighted by molar-refractivity contribution is 7.80. The maximum Gasteiger partial charge on any atom is 0.0238 e. The molecule has 0 saturated carbocycles. The summed E-state index contributed by atoms with van der Waals surface area (Å²) in [4.78, 5) is 2.42. The summed E-state index contributed by atoms with van der Waals surface area (Å²) in [5.41, 5.74) is 2.82. The number of benzene rings is 1. The summed E-state index contributed by atoms with van der Waals surface area (Å²) in [5, 5.41) is 0.339. The largest absolute Gasteiger partial charge is 0.306 e. The van der Waals surface area contributed by atoms with Gasteiger partial charge in [0.1, 0.15) is 0 Å². The van der Waals surface area contributed by atoms with E-state index in [-0.39, 0.29) is 0 Å². The van der Waals surface area contributed by atoms with Crippen molar-refractivity contribution >= 4 is 12.6 Å². The molecule has 0 aliphatic carbocycles. The Balaban J connectivity index is 2.04. The Morgan fingerprint density at radius 1 is 1.19 bits per heavy atom. The maximum atomic E-state index is 4.45. The molecule has 0 bridgehead atoms. The lowest BCUT2D eigenvalue weighted by atomic mass is 9.89. The fourth-order valence-corrected chi connectivity index (χ4v) is 2.56. The van der Waals surface area contributed by atoms with Crippen molar-refractivity contribution in [2.45, 2.75) is 30.9 Å². The molecule has 1 unspecified atom stereocenters. The summed E-state index contributed by atoms with van der Waals surface area (Å²) in [7, 11) is 2.21. The third kappa shape index (κ3) is 2.80. The summed E-state index contributed by atoms with van der Waals surface area (Å²) in [6.45, 7) is 4.58. The van der Waals surface area contributed by atoms with E-state index in [0.29, 0.717) is 5.25 Å². The summed E-state index contributed by atoms with van der Waals surface area (Å²) in [6, 6.07) is 9.03. The van der Waals surface area contributed by atoms with E-state index in [0.717, 1.165) is 5.92 Å². The van der Waals surface area contributed by atoms with Crippen LogP contribution in [0.1, 0.15) is 42.1 Å². The van der Waals surface area contributed by atoms with Crippen LogP contribution in [0.5, 0.6) is 0 Å². The Morgan fingerprint density at radius 2 is 1.75 bits per heavy atom. The second-order valence-electron chi connectivity index (χ2n) is 4.92. The van der Waals surface area contributed by atoms with Gasteiger partial charge in [0.25, 0.3) is 0 Å². The highest BCUT2D eigenvalue weighted by Gasteiger charge is 2.18. The van der Waals surface area contributed by atoms with Crippen LogP contribution in [0, 0.1) is 0 Å². The quantitative estimate of drug-likeness (QED) is 0.768. The Bertz CT molecular complexity index is 323. The Kier molecular flexibility index (Phi) is 3.93. The Labute approximate surface area is 104 Å². The highest BCUT2D eigenvalue weighted by Crippen LogP contribution is 2.29. The van der Waals surface area contributed by atoms with Crippen LogP contribution in [0.25, 0.3) is 0 Å². The highest BCUT2D eigenvalue weighted by atomic mass is 32.1. The van der Waals surface area contributed by atoms with E-state index in [1.807, 2.05) is 0 Å². The SMILES string of the molecule is CC(S)c1ccc(C2CCN(C)CC2)cc1. The first-order chi connectivity index (χ1) is 7.66. The van der Waals surface area contributed by atoms with Crippen LogP contribution in [0.15, 0.2) is 24.3 Å². The monoisotopic (exact) mass is 235 g/mol. The first-order valence-electron chi connectivity index (χ1n) is 6.13. The molecule has 1 aliphatic rings. The molecule has 1 fully saturated rings. The molecule has 0 radical (unpaired) electrons. The number of likely N-dealkylation sites (tertiary alicyclic amines) is 1. The van der Waals surface area contributed by atoms with Crippen molar-refractivity contribution in [1.82, 2.24) is 4.90 Å². The first-order valence-corrected chi connectivity index (χ1v) is 6.65. The van der Waals surface area contributed by atoms with E-state index in [1.54, 1.807) is 0 Å². The Hall–Kier alpha value is -0.470. The lowest BCUT2D eigenvalue weighted by Gasteiger charge is -2.29. The van der Waals surface area contributed by atoms with Gasteiger partial charge in [0.2, 0.25) is 0 Å². The second-order valence-corrected chi connectivity index (χ2v) is 5.69. The number of rotatable bonds is 2. The topological polar surface area (TPSA) is 3.24 Å². The summed E-state index contributed by atoms with van der Waals surface area (Å²) in [5.74, 6) is 0.764. The molecule has 0 spiro atoms.